The number of rotatable bonds is 4. The molecule has 5 heteroatoms. The van der Waals surface area contributed by atoms with Crippen molar-refractivity contribution in [3.63, 3.8) is 0 Å². The molecule has 2 aromatic carbocycles. The van der Waals surface area contributed by atoms with Gasteiger partial charge in [0.05, 0.1) is 4.47 Å². The van der Waals surface area contributed by atoms with E-state index in [4.69, 9.17) is 5.73 Å². The van der Waals surface area contributed by atoms with Gasteiger partial charge < -0.3 is 11.1 Å². The van der Waals surface area contributed by atoms with E-state index in [2.05, 4.69) is 21.2 Å². The van der Waals surface area contributed by atoms with Crippen LogP contribution < -0.4 is 11.1 Å². The van der Waals surface area contributed by atoms with Crippen LogP contribution in [0.3, 0.4) is 0 Å². The highest BCUT2D eigenvalue weighted by Gasteiger charge is 2.07. The maximum absolute atomic E-state index is 13.4. The van der Waals surface area contributed by atoms with Gasteiger partial charge in [0.1, 0.15) is 5.82 Å². The lowest BCUT2D eigenvalue weighted by atomic mass is 10.0. The minimum Gasteiger partial charge on any atom is -0.381 e. The highest BCUT2D eigenvalue weighted by Crippen LogP contribution is 2.25. The molecule has 1 amide bonds. The first kappa shape index (κ1) is 15.5. The van der Waals surface area contributed by atoms with Crippen molar-refractivity contribution in [3.8, 4) is 0 Å². The molecule has 0 radical (unpaired) electrons. The monoisotopic (exact) mass is 350 g/mol. The van der Waals surface area contributed by atoms with E-state index < -0.39 is 5.91 Å². The molecular weight excluding hydrogens is 335 g/mol. The van der Waals surface area contributed by atoms with Crippen molar-refractivity contribution in [2.75, 3.05) is 5.32 Å². The Morgan fingerprint density at radius 2 is 1.95 bits per heavy atom. The lowest BCUT2D eigenvalue weighted by Gasteiger charge is -2.13. The summed E-state index contributed by atoms with van der Waals surface area (Å²) in [5, 5.41) is 3.27. The zero-order valence-corrected chi connectivity index (χ0v) is 13.4. The summed E-state index contributed by atoms with van der Waals surface area (Å²) in [6, 6.07) is 8.55. The summed E-state index contributed by atoms with van der Waals surface area (Å²) in [4.78, 5) is 11.1. The molecule has 0 aliphatic heterocycles. The first-order valence-corrected chi connectivity index (χ1v) is 7.26. The van der Waals surface area contributed by atoms with Crippen molar-refractivity contribution in [2.45, 2.75) is 20.4 Å². The fourth-order valence-corrected chi connectivity index (χ4v) is 2.42. The number of anilines is 1. The molecule has 2 aromatic rings. The predicted molar refractivity (Wildman–Crippen MR) is 85.9 cm³/mol. The van der Waals surface area contributed by atoms with E-state index >= 15 is 0 Å². The zero-order valence-electron chi connectivity index (χ0n) is 11.8. The van der Waals surface area contributed by atoms with Gasteiger partial charge in [-0.2, -0.15) is 0 Å². The van der Waals surface area contributed by atoms with Gasteiger partial charge in [-0.05, 0) is 70.7 Å². The lowest BCUT2D eigenvalue weighted by Crippen LogP contribution is -2.12. The highest BCUT2D eigenvalue weighted by atomic mass is 79.9. The Bertz CT molecular complexity index is 701. The molecule has 3 N–H and O–H groups in total. The molecule has 0 bridgehead atoms. The quantitative estimate of drug-likeness (QED) is 0.877. The molecule has 0 saturated heterocycles. The molecule has 0 fully saturated rings. The number of carbonyl (C=O) groups excluding carboxylic acids is 1. The summed E-state index contributed by atoms with van der Waals surface area (Å²) < 4.78 is 13.8. The fraction of sp³-hybridized carbons (Fsp3) is 0.188. The molecule has 0 aliphatic carbocycles. The molecule has 0 aromatic heterocycles. The standard InChI is InChI=1S/C16H16BrFN2O/c1-9-5-11(16(19)21)3-4-12(9)8-20-15-7-13(17)14(18)6-10(15)2/h3-7,20H,8H2,1-2H3,(H2,19,21). The summed E-state index contributed by atoms with van der Waals surface area (Å²) in [6.45, 7) is 4.36. The van der Waals surface area contributed by atoms with Gasteiger partial charge >= 0.3 is 0 Å². The Kier molecular flexibility index (Phi) is 4.63. The van der Waals surface area contributed by atoms with Crippen LogP contribution in [0.25, 0.3) is 0 Å². The first-order chi connectivity index (χ1) is 9.88. The molecule has 3 nitrogen and oxygen atoms in total. The zero-order chi connectivity index (χ0) is 15.6. The van der Waals surface area contributed by atoms with Crippen molar-refractivity contribution in [2.24, 2.45) is 5.73 Å². The molecule has 0 heterocycles. The Labute approximate surface area is 131 Å². The second-order valence-corrected chi connectivity index (χ2v) is 5.79. The van der Waals surface area contributed by atoms with Crippen LogP contribution in [0.1, 0.15) is 27.0 Å². The third-order valence-corrected chi connectivity index (χ3v) is 3.97. The molecule has 0 aliphatic rings. The van der Waals surface area contributed by atoms with Crippen molar-refractivity contribution < 1.29 is 9.18 Å². The third-order valence-electron chi connectivity index (χ3n) is 3.36. The topological polar surface area (TPSA) is 55.1 Å². The predicted octanol–water partition coefficient (Wildman–Crippen LogP) is 3.92. The third kappa shape index (κ3) is 3.61. The number of primary amides is 1. The van der Waals surface area contributed by atoms with E-state index in [-0.39, 0.29) is 5.82 Å². The number of nitrogens with one attached hydrogen (secondary N) is 1. The SMILES string of the molecule is Cc1cc(C(N)=O)ccc1CNc1cc(Br)c(F)cc1C. The second-order valence-electron chi connectivity index (χ2n) is 4.94. The summed E-state index contributed by atoms with van der Waals surface area (Å²) in [5.41, 5.74) is 9.49. The largest absolute Gasteiger partial charge is 0.381 e. The van der Waals surface area contributed by atoms with Crippen LogP contribution in [0.5, 0.6) is 0 Å². The van der Waals surface area contributed by atoms with Crippen LogP contribution in [-0.2, 0) is 6.54 Å². The Balaban J connectivity index is 2.17. The number of benzene rings is 2. The number of hydrogen-bond donors (Lipinski definition) is 2. The minimum absolute atomic E-state index is 0.278. The van der Waals surface area contributed by atoms with Crippen LogP contribution in [0.4, 0.5) is 10.1 Å². The second kappa shape index (κ2) is 6.26. The first-order valence-electron chi connectivity index (χ1n) is 6.47. The van der Waals surface area contributed by atoms with Gasteiger partial charge in [-0.3, -0.25) is 4.79 Å². The van der Waals surface area contributed by atoms with Crippen molar-refractivity contribution in [3.05, 3.63) is 62.9 Å². The molecule has 0 saturated carbocycles. The maximum Gasteiger partial charge on any atom is 0.248 e. The van der Waals surface area contributed by atoms with Crippen LogP contribution in [0.2, 0.25) is 0 Å². The summed E-state index contributed by atoms with van der Waals surface area (Å²) in [5.74, 6) is -0.712. The molecule has 110 valence electrons. The van der Waals surface area contributed by atoms with Crippen molar-refractivity contribution in [1.29, 1.82) is 0 Å². The lowest BCUT2D eigenvalue weighted by molar-refractivity contribution is 0.1000. The average Bonchev–Trinajstić information content (AvgIpc) is 2.42. The molecule has 21 heavy (non-hydrogen) atoms. The number of carbonyl (C=O) groups is 1. The van der Waals surface area contributed by atoms with E-state index in [1.165, 1.54) is 6.07 Å². The van der Waals surface area contributed by atoms with Gasteiger partial charge in [0, 0.05) is 17.8 Å². The number of aryl methyl sites for hydroxylation is 2. The maximum atomic E-state index is 13.4. The van der Waals surface area contributed by atoms with Gasteiger partial charge in [-0.1, -0.05) is 6.07 Å². The van der Waals surface area contributed by atoms with E-state index in [1.807, 2.05) is 19.9 Å². The number of nitrogens with two attached hydrogens (primary N) is 1. The molecule has 0 atom stereocenters. The van der Waals surface area contributed by atoms with Crippen molar-refractivity contribution in [1.82, 2.24) is 0 Å². The molecule has 2 rings (SSSR count). The van der Waals surface area contributed by atoms with Gasteiger partial charge in [-0.15, -0.1) is 0 Å². The van der Waals surface area contributed by atoms with Crippen LogP contribution in [-0.4, -0.2) is 5.91 Å². The Hall–Kier alpha value is -1.88. The van der Waals surface area contributed by atoms with E-state index in [9.17, 15) is 9.18 Å². The minimum atomic E-state index is -0.434. The molecule has 0 unspecified atom stereocenters. The van der Waals surface area contributed by atoms with Gasteiger partial charge in [0.2, 0.25) is 5.91 Å². The van der Waals surface area contributed by atoms with Crippen LogP contribution in [0.15, 0.2) is 34.8 Å². The van der Waals surface area contributed by atoms with E-state index in [1.54, 1.807) is 18.2 Å². The summed E-state index contributed by atoms with van der Waals surface area (Å²) >= 11 is 3.18. The van der Waals surface area contributed by atoms with E-state index in [0.29, 0.717) is 16.6 Å². The van der Waals surface area contributed by atoms with Gasteiger partial charge in [-0.25, -0.2) is 4.39 Å². The van der Waals surface area contributed by atoms with E-state index in [0.717, 1.165) is 22.4 Å². The summed E-state index contributed by atoms with van der Waals surface area (Å²) in [7, 11) is 0. The normalized spacial score (nSPS) is 10.5. The summed E-state index contributed by atoms with van der Waals surface area (Å²) in [6.07, 6.45) is 0. The Morgan fingerprint density at radius 1 is 1.24 bits per heavy atom. The van der Waals surface area contributed by atoms with Crippen molar-refractivity contribution >= 4 is 27.5 Å². The van der Waals surface area contributed by atoms with Crippen LogP contribution >= 0.6 is 15.9 Å². The highest BCUT2D eigenvalue weighted by molar-refractivity contribution is 9.10. The molecular formula is C16H16BrFN2O. The van der Waals surface area contributed by atoms with Crippen LogP contribution in [0, 0.1) is 19.7 Å². The Morgan fingerprint density at radius 3 is 2.57 bits per heavy atom. The number of amides is 1. The number of halogens is 2. The van der Waals surface area contributed by atoms with Gasteiger partial charge in [0.25, 0.3) is 0 Å². The molecule has 0 spiro atoms. The van der Waals surface area contributed by atoms with Gasteiger partial charge in [0.15, 0.2) is 0 Å². The smallest absolute Gasteiger partial charge is 0.248 e. The fourth-order valence-electron chi connectivity index (χ4n) is 2.07. The number of hydrogen-bond acceptors (Lipinski definition) is 2. The average molecular weight is 351 g/mol.